The van der Waals surface area contributed by atoms with Crippen molar-refractivity contribution in [2.24, 2.45) is 0 Å². The summed E-state index contributed by atoms with van der Waals surface area (Å²) in [5.74, 6) is 1.62. The Morgan fingerprint density at radius 3 is 1.83 bits per heavy atom. The Hall–Kier alpha value is -3.34. The zero-order valence-corrected chi connectivity index (χ0v) is 20.7. The third-order valence-electron chi connectivity index (χ3n) is 7.31. The summed E-state index contributed by atoms with van der Waals surface area (Å²) >= 11 is 0. The van der Waals surface area contributed by atoms with Crippen molar-refractivity contribution in [2.75, 3.05) is 0 Å². The minimum absolute atomic E-state index is 0.623. The highest BCUT2D eigenvalue weighted by Crippen LogP contribution is 2.54. The van der Waals surface area contributed by atoms with Crippen LogP contribution in [-0.2, 0) is 10.1 Å². The molecule has 1 N–H and O–H groups in total. The van der Waals surface area contributed by atoms with Gasteiger partial charge in [0, 0.05) is 11.1 Å². The smallest absolute Gasteiger partial charge is 0.331 e. The number of benzene rings is 4. The third kappa shape index (κ3) is 3.87. The first-order chi connectivity index (χ1) is 16.7. The number of hydrogen-bond acceptors (Lipinski definition) is 3. The molecule has 0 atom stereocenters. The number of hydrogen-bond donors (Lipinski definition) is 1. The van der Waals surface area contributed by atoms with Crippen molar-refractivity contribution in [3.63, 3.8) is 0 Å². The fourth-order valence-corrected chi connectivity index (χ4v) is 4.75. The van der Waals surface area contributed by atoms with E-state index in [0.29, 0.717) is 0 Å². The summed E-state index contributed by atoms with van der Waals surface area (Å²) in [6.07, 6.45) is 0. The molecule has 0 amide bonds. The third-order valence-corrected chi connectivity index (χ3v) is 7.31. The first-order valence-corrected chi connectivity index (χ1v) is 12.0. The average Bonchev–Trinajstić information content (AvgIpc) is 2.86. The van der Waals surface area contributed by atoms with Gasteiger partial charge in [-0.2, -0.15) is 0 Å². The van der Waals surface area contributed by atoms with Gasteiger partial charge in [0.05, 0.1) is 16.6 Å². The molecule has 3 nitrogen and oxygen atoms in total. The summed E-state index contributed by atoms with van der Waals surface area (Å²) in [5, 5.41) is 10.7. The Balaban J connectivity index is 1.81. The van der Waals surface area contributed by atoms with Gasteiger partial charge in [-0.15, -0.1) is 0 Å². The van der Waals surface area contributed by atoms with Crippen molar-refractivity contribution in [2.45, 2.75) is 44.3 Å². The lowest BCUT2D eigenvalue weighted by molar-refractivity contribution is -0.0893. The minimum atomic E-state index is -1.03. The van der Waals surface area contributed by atoms with Crippen molar-refractivity contribution in [1.82, 2.24) is 0 Å². The summed E-state index contributed by atoms with van der Waals surface area (Å²) in [4.78, 5) is 0. The van der Waals surface area contributed by atoms with E-state index in [-0.39, 0.29) is 0 Å². The summed E-state index contributed by atoms with van der Waals surface area (Å²) in [6, 6.07) is 35.4. The molecule has 0 unspecified atom stereocenters. The molecule has 5 rings (SSSR count). The second-order valence-corrected chi connectivity index (χ2v) is 10.1. The largest absolute Gasteiger partial charge is 0.457 e. The van der Waals surface area contributed by atoms with E-state index in [9.17, 15) is 5.11 Å². The van der Waals surface area contributed by atoms with Crippen molar-refractivity contribution in [1.29, 1.82) is 0 Å². The lowest BCUT2D eigenvalue weighted by Gasteiger charge is -2.43. The Morgan fingerprint density at radius 2 is 1.23 bits per heavy atom. The highest BCUT2D eigenvalue weighted by Gasteiger charge is 2.47. The highest BCUT2D eigenvalue weighted by molar-refractivity contribution is 6.48. The van der Waals surface area contributed by atoms with Crippen LogP contribution < -0.4 is 10.2 Å². The topological polar surface area (TPSA) is 38.7 Å². The molecular weight excluding hydrogens is 431 g/mol. The second kappa shape index (κ2) is 8.71. The molecule has 1 heterocycles. The van der Waals surface area contributed by atoms with E-state index >= 15 is 0 Å². The van der Waals surface area contributed by atoms with E-state index in [2.05, 4.69) is 66.7 Å². The Labute approximate surface area is 208 Å². The van der Waals surface area contributed by atoms with Crippen LogP contribution >= 0.6 is 0 Å². The van der Waals surface area contributed by atoms with E-state index in [0.717, 1.165) is 39.2 Å². The Kier molecular flexibility index (Phi) is 5.82. The molecule has 0 aromatic heterocycles. The normalized spacial score (nSPS) is 14.4. The van der Waals surface area contributed by atoms with Gasteiger partial charge in [-0.25, -0.2) is 0 Å². The van der Waals surface area contributed by atoms with Gasteiger partial charge in [0.1, 0.15) is 11.5 Å². The SMILES string of the molecule is CC(C)(O)C(C)(C)O[B]c1cccc2c1C(c1ccccc1)(c1ccccc1)c1ccccc1O2. The molecule has 0 saturated carbocycles. The van der Waals surface area contributed by atoms with Crippen LogP contribution in [0.15, 0.2) is 103 Å². The van der Waals surface area contributed by atoms with E-state index < -0.39 is 16.6 Å². The quantitative estimate of drug-likeness (QED) is 0.316. The molecule has 0 aliphatic carbocycles. The number of rotatable bonds is 6. The number of aliphatic hydroxyl groups is 1. The van der Waals surface area contributed by atoms with Crippen molar-refractivity contribution in [3.8, 4) is 11.5 Å². The summed E-state index contributed by atoms with van der Waals surface area (Å²) < 4.78 is 12.8. The zero-order valence-electron chi connectivity index (χ0n) is 20.7. The molecule has 0 bridgehead atoms. The highest BCUT2D eigenvalue weighted by atomic mass is 16.5. The fraction of sp³-hybridized carbons (Fsp3) is 0.226. The molecule has 4 heteroatoms. The molecule has 0 saturated heterocycles. The Bertz CT molecular complexity index is 1280. The Morgan fingerprint density at radius 1 is 0.686 bits per heavy atom. The first-order valence-electron chi connectivity index (χ1n) is 12.0. The predicted octanol–water partition coefficient (Wildman–Crippen LogP) is 5.99. The molecular formula is C31H30BO3. The van der Waals surface area contributed by atoms with E-state index in [1.165, 1.54) is 0 Å². The second-order valence-electron chi connectivity index (χ2n) is 10.1. The molecule has 1 aliphatic heterocycles. The van der Waals surface area contributed by atoms with Crippen LogP contribution in [0.3, 0.4) is 0 Å². The van der Waals surface area contributed by atoms with Crippen LogP contribution in [0.4, 0.5) is 0 Å². The van der Waals surface area contributed by atoms with Crippen LogP contribution in [0.5, 0.6) is 11.5 Å². The van der Waals surface area contributed by atoms with Crippen molar-refractivity contribution in [3.05, 3.63) is 125 Å². The van der Waals surface area contributed by atoms with Gasteiger partial charge in [-0.05, 0) is 56.4 Å². The fourth-order valence-electron chi connectivity index (χ4n) is 4.75. The standard InChI is InChI=1S/C31H30BO3/c1-29(2,33)30(3,4)35-32-25-19-13-21-27-28(25)31(22-14-7-5-8-15-22,23-16-9-6-10-17-23)24-18-11-12-20-26(24)34-27/h5-21,33H,1-4H3. The molecule has 4 aromatic carbocycles. The van der Waals surface area contributed by atoms with Gasteiger partial charge in [-0.1, -0.05) is 91.0 Å². The predicted molar refractivity (Wildman–Crippen MR) is 142 cm³/mol. The number of ether oxygens (including phenoxy) is 1. The average molecular weight is 461 g/mol. The summed E-state index contributed by atoms with van der Waals surface area (Å²) in [6.45, 7) is 7.32. The molecule has 35 heavy (non-hydrogen) atoms. The van der Waals surface area contributed by atoms with E-state index in [1.807, 2.05) is 50.2 Å². The van der Waals surface area contributed by atoms with Crippen molar-refractivity contribution >= 4 is 12.9 Å². The molecule has 1 aliphatic rings. The molecule has 175 valence electrons. The van der Waals surface area contributed by atoms with Gasteiger partial charge in [0.2, 0.25) is 0 Å². The van der Waals surface area contributed by atoms with Crippen LogP contribution in [0, 0.1) is 0 Å². The van der Waals surface area contributed by atoms with Gasteiger partial charge in [-0.3, -0.25) is 0 Å². The van der Waals surface area contributed by atoms with E-state index in [4.69, 9.17) is 9.39 Å². The maximum atomic E-state index is 10.7. The summed E-state index contributed by atoms with van der Waals surface area (Å²) in [5.41, 5.74) is 2.83. The van der Waals surface area contributed by atoms with Gasteiger partial charge in [0.25, 0.3) is 0 Å². The lowest BCUT2D eigenvalue weighted by atomic mass is 9.60. The van der Waals surface area contributed by atoms with E-state index in [1.54, 1.807) is 21.3 Å². The molecule has 1 radical (unpaired) electrons. The number of fused-ring (bicyclic) bond motifs is 2. The van der Waals surface area contributed by atoms with Crippen molar-refractivity contribution < 1.29 is 14.5 Å². The first kappa shape index (κ1) is 23.4. The summed E-state index contributed by atoms with van der Waals surface area (Å²) in [7, 11) is 1.77. The monoisotopic (exact) mass is 461 g/mol. The molecule has 0 spiro atoms. The van der Waals surface area contributed by atoms with Crippen LogP contribution in [0.25, 0.3) is 0 Å². The number of para-hydroxylation sites is 1. The lowest BCUT2D eigenvalue weighted by Crippen LogP contribution is -2.50. The van der Waals surface area contributed by atoms with Gasteiger partial charge >= 0.3 is 7.48 Å². The minimum Gasteiger partial charge on any atom is -0.457 e. The maximum absolute atomic E-state index is 10.7. The van der Waals surface area contributed by atoms with Gasteiger partial charge < -0.3 is 14.5 Å². The van der Waals surface area contributed by atoms with Gasteiger partial charge in [0.15, 0.2) is 0 Å². The van der Waals surface area contributed by atoms with Crippen LogP contribution in [-0.4, -0.2) is 23.8 Å². The zero-order chi connectivity index (χ0) is 24.7. The maximum Gasteiger partial charge on any atom is 0.331 e. The van der Waals surface area contributed by atoms with Crippen LogP contribution in [0.2, 0.25) is 0 Å². The molecule has 4 aromatic rings. The van der Waals surface area contributed by atoms with Crippen LogP contribution in [0.1, 0.15) is 49.9 Å². The molecule has 0 fully saturated rings.